The lowest BCUT2D eigenvalue weighted by molar-refractivity contribution is -0.119. The molecule has 0 aliphatic carbocycles. The molecule has 2 aromatic rings. The smallest absolute Gasteiger partial charge is 0.241 e. The fourth-order valence-electron chi connectivity index (χ4n) is 3.24. The maximum Gasteiger partial charge on any atom is 0.241 e. The van der Waals surface area contributed by atoms with E-state index in [0.29, 0.717) is 11.8 Å². The van der Waals surface area contributed by atoms with E-state index < -0.39 is 0 Å². The Hall–Kier alpha value is -2.05. The van der Waals surface area contributed by atoms with Crippen LogP contribution in [0.2, 0.25) is 0 Å². The average molecular weight is 389 g/mol. The zero-order chi connectivity index (χ0) is 19.4. The van der Waals surface area contributed by atoms with Gasteiger partial charge in [0.1, 0.15) is 0 Å². The van der Waals surface area contributed by atoms with Crippen LogP contribution < -0.4 is 9.64 Å². The molecule has 2 aromatic carbocycles. The molecule has 0 radical (unpaired) electrons. The molecule has 4 nitrogen and oxygen atoms in total. The molecule has 0 spiro atoms. The summed E-state index contributed by atoms with van der Waals surface area (Å²) in [5.74, 6) is -0.0962. The summed E-state index contributed by atoms with van der Waals surface area (Å²) < 4.78 is 18.8. The minimum atomic E-state index is -0.387. The molecule has 0 fully saturated rings. The van der Waals surface area contributed by atoms with E-state index >= 15 is 0 Å². The second kappa shape index (κ2) is 8.76. The summed E-state index contributed by atoms with van der Waals surface area (Å²) in [5.41, 5.74) is 1.80. The van der Waals surface area contributed by atoms with E-state index in [9.17, 15) is 9.18 Å². The number of halogens is 1. The number of benzene rings is 2. The van der Waals surface area contributed by atoms with Crippen molar-refractivity contribution in [2.75, 3.05) is 32.1 Å². The van der Waals surface area contributed by atoms with Gasteiger partial charge >= 0.3 is 0 Å². The van der Waals surface area contributed by atoms with Gasteiger partial charge in [-0.3, -0.25) is 9.69 Å². The molecule has 1 atom stereocenters. The molecule has 0 unspecified atom stereocenters. The first-order chi connectivity index (χ1) is 13.0. The molecule has 0 N–H and O–H groups in total. The van der Waals surface area contributed by atoms with Gasteiger partial charge in [0.05, 0.1) is 19.3 Å². The topological polar surface area (TPSA) is 32.8 Å². The molecule has 1 aliphatic heterocycles. The molecule has 6 heteroatoms. The van der Waals surface area contributed by atoms with Gasteiger partial charge in [0.15, 0.2) is 11.6 Å². The number of carbonyl (C=O) groups is 1. The number of amides is 1. The lowest BCUT2D eigenvalue weighted by atomic mass is 10.2. The van der Waals surface area contributed by atoms with Crippen LogP contribution in [0.5, 0.6) is 5.75 Å². The Morgan fingerprint density at radius 2 is 2.11 bits per heavy atom. The fraction of sp³-hybridized carbons (Fsp3) is 0.381. The second-order valence-electron chi connectivity index (χ2n) is 6.87. The molecule has 0 saturated heterocycles. The van der Waals surface area contributed by atoms with Crippen molar-refractivity contribution in [3.05, 3.63) is 53.8 Å². The van der Waals surface area contributed by atoms with Gasteiger partial charge in [0.2, 0.25) is 5.91 Å². The van der Waals surface area contributed by atoms with Crippen molar-refractivity contribution >= 4 is 23.4 Å². The van der Waals surface area contributed by atoms with Crippen LogP contribution in [-0.2, 0) is 11.3 Å². The van der Waals surface area contributed by atoms with Crippen LogP contribution in [0.25, 0.3) is 0 Å². The van der Waals surface area contributed by atoms with Crippen molar-refractivity contribution in [2.45, 2.75) is 30.0 Å². The lowest BCUT2D eigenvalue weighted by Gasteiger charge is -2.25. The lowest BCUT2D eigenvalue weighted by Crippen LogP contribution is -2.39. The number of likely N-dealkylation sites (N-methyl/N-ethyl adjacent to an activating group) is 1. The quantitative estimate of drug-likeness (QED) is 0.769. The van der Waals surface area contributed by atoms with E-state index in [1.54, 1.807) is 6.07 Å². The first-order valence-corrected chi connectivity index (χ1v) is 9.93. The van der Waals surface area contributed by atoms with Crippen LogP contribution in [0, 0.1) is 5.82 Å². The van der Waals surface area contributed by atoms with Crippen molar-refractivity contribution in [1.82, 2.24) is 4.90 Å². The number of methoxy groups -OCH3 is 1. The molecule has 0 aromatic heterocycles. The van der Waals surface area contributed by atoms with Crippen molar-refractivity contribution in [3.8, 4) is 5.75 Å². The third-order valence-corrected chi connectivity index (χ3v) is 5.86. The second-order valence-corrected chi connectivity index (χ2v) is 8.35. The van der Waals surface area contributed by atoms with E-state index in [1.807, 2.05) is 52.9 Å². The van der Waals surface area contributed by atoms with Crippen molar-refractivity contribution in [1.29, 1.82) is 0 Å². The van der Waals surface area contributed by atoms with Crippen molar-refractivity contribution < 1.29 is 13.9 Å². The van der Waals surface area contributed by atoms with Gasteiger partial charge in [0, 0.05) is 23.2 Å². The predicted molar refractivity (Wildman–Crippen MR) is 108 cm³/mol. The number of para-hydroxylation sites is 1. The van der Waals surface area contributed by atoms with Crippen molar-refractivity contribution in [3.63, 3.8) is 0 Å². The molecule has 144 valence electrons. The summed E-state index contributed by atoms with van der Waals surface area (Å²) >= 11 is 1.82. The number of anilines is 1. The van der Waals surface area contributed by atoms with Crippen LogP contribution in [0.15, 0.2) is 47.4 Å². The molecule has 1 aliphatic rings. The van der Waals surface area contributed by atoms with Crippen LogP contribution in [-0.4, -0.2) is 43.3 Å². The highest BCUT2D eigenvalue weighted by Crippen LogP contribution is 2.37. The van der Waals surface area contributed by atoms with Gasteiger partial charge < -0.3 is 9.64 Å². The normalized spacial score (nSPS) is 16.8. The summed E-state index contributed by atoms with van der Waals surface area (Å²) in [6, 6.07) is 13.0. The van der Waals surface area contributed by atoms with E-state index in [-0.39, 0.29) is 24.0 Å². The zero-order valence-corrected chi connectivity index (χ0v) is 16.8. The molecule has 0 bridgehead atoms. The fourth-order valence-corrected chi connectivity index (χ4v) is 4.35. The average Bonchev–Trinajstić information content (AvgIpc) is 2.80. The van der Waals surface area contributed by atoms with Crippen molar-refractivity contribution in [2.24, 2.45) is 0 Å². The van der Waals surface area contributed by atoms with Gasteiger partial charge in [-0.05, 0) is 43.3 Å². The maximum atomic E-state index is 13.9. The summed E-state index contributed by atoms with van der Waals surface area (Å²) in [6.45, 7) is 3.68. The third-order valence-electron chi connectivity index (χ3n) is 4.62. The number of rotatable bonds is 5. The number of hydrogen-bond acceptors (Lipinski definition) is 4. The Balaban J connectivity index is 1.68. The molecule has 27 heavy (non-hydrogen) atoms. The Bertz CT molecular complexity index is 815. The number of hydrogen-bond donors (Lipinski definition) is 0. The summed E-state index contributed by atoms with van der Waals surface area (Å²) in [5, 5.41) is 0.476. The zero-order valence-electron chi connectivity index (χ0n) is 15.9. The maximum absolute atomic E-state index is 13.9. The van der Waals surface area contributed by atoms with Gasteiger partial charge in [-0.2, -0.15) is 0 Å². The molecular formula is C21H25FN2O2S. The SMILES string of the molecule is COc1ccc(CN(C)CC(=O)N2CC[C@@H](C)Sc3ccccc32)cc1F. The Morgan fingerprint density at radius 1 is 1.33 bits per heavy atom. The van der Waals surface area contributed by atoms with Gasteiger partial charge in [-0.15, -0.1) is 11.8 Å². The number of thioether (sulfide) groups is 1. The number of ether oxygens (including phenoxy) is 1. The molecule has 1 amide bonds. The van der Waals surface area contributed by atoms with Gasteiger partial charge in [0.25, 0.3) is 0 Å². The van der Waals surface area contributed by atoms with E-state index in [2.05, 4.69) is 13.0 Å². The van der Waals surface area contributed by atoms with Crippen LogP contribution in [0.4, 0.5) is 10.1 Å². The standard InChI is InChI=1S/C21H25FN2O2S/c1-15-10-11-24(18-6-4-5-7-20(18)27-15)21(25)14-23(2)13-16-8-9-19(26-3)17(22)12-16/h4-9,12,15H,10-11,13-14H2,1-3H3/t15-/m1/s1. The highest BCUT2D eigenvalue weighted by molar-refractivity contribution is 8.00. The highest BCUT2D eigenvalue weighted by atomic mass is 32.2. The summed E-state index contributed by atoms with van der Waals surface area (Å²) in [7, 11) is 3.32. The van der Waals surface area contributed by atoms with Gasteiger partial charge in [-0.1, -0.05) is 25.1 Å². The minimum Gasteiger partial charge on any atom is -0.494 e. The summed E-state index contributed by atoms with van der Waals surface area (Å²) in [6.07, 6.45) is 0.957. The number of nitrogens with zero attached hydrogens (tertiary/aromatic N) is 2. The van der Waals surface area contributed by atoms with Crippen LogP contribution in [0.1, 0.15) is 18.9 Å². The Morgan fingerprint density at radius 3 is 2.85 bits per heavy atom. The molecule has 1 heterocycles. The minimum absolute atomic E-state index is 0.0635. The first-order valence-electron chi connectivity index (χ1n) is 9.05. The predicted octanol–water partition coefficient (Wildman–Crippen LogP) is 4.18. The van der Waals surface area contributed by atoms with E-state index in [0.717, 1.165) is 29.1 Å². The number of fused-ring (bicyclic) bond motifs is 1. The molecule has 3 rings (SSSR count). The monoisotopic (exact) mass is 388 g/mol. The molecule has 0 saturated carbocycles. The Kier molecular flexibility index (Phi) is 6.39. The molecular weight excluding hydrogens is 363 g/mol. The largest absolute Gasteiger partial charge is 0.494 e. The third kappa shape index (κ3) is 4.82. The Labute approximate surface area is 164 Å². The van der Waals surface area contributed by atoms with Crippen LogP contribution >= 0.6 is 11.8 Å². The van der Waals surface area contributed by atoms with E-state index in [4.69, 9.17) is 4.74 Å². The first kappa shape index (κ1) is 19.7. The van der Waals surface area contributed by atoms with Crippen LogP contribution in [0.3, 0.4) is 0 Å². The number of carbonyl (C=O) groups excluding carboxylic acids is 1. The highest BCUT2D eigenvalue weighted by Gasteiger charge is 2.24. The van der Waals surface area contributed by atoms with E-state index in [1.165, 1.54) is 13.2 Å². The summed E-state index contributed by atoms with van der Waals surface area (Å²) in [4.78, 5) is 17.9. The van der Waals surface area contributed by atoms with Gasteiger partial charge in [-0.25, -0.2) is 4.39 Å².